The van der Waals surface area contributed by atoms with Crippen molar-refractivity contribution in [3.8, 4) is 0 Å². The SMILES string of the molecule is CN(C)CCN[C]=O. The smallest absolute Gasteiger partial charge is 0.309 e. The number of likely N-dealkylation sites (N-methyl/N-ethyl adjacent to an activating group) is 1. The standard InChI is InChI=1S/C5H11N2O/c1-7(2)4-3-6-5-8/h3-4H2,1-2H3,(H,6,8). The summed E-state index contributed by atoms with van der Waals surface area (Å²) in [7, 11) is 3.90. The van der Waals surface area contributed by atoms with Crippen LogP contribution < -0.4 is 5.32 Å². The Labute approximate surface area is 49.7 Å². The molecule has 0 heterocycles. The number of rotatable bonds is 4. The van der Waals surface area contributed by atoms with Crippen molar-refractivity contribution in [3.63, 3.8) is 0 Å². The quantitative estimate of drug-likeness (QED) is 0.384. The largest absolute Gasteiger partial charge is 0.347 e. The van der Waals surface area contributed by atoms with Crippen LogP contribution in [0.4, 0.5) is 0 Å². The Bertz CT molecular complexity index is 63.4. The fourth-order valence-corrected chi connectivity index (χ4v) is 0.331. The minimum absolute atomic E-state index is 0.677. The predicted octanol–water partition coefficient (Wildman–Crippen LogP) is -0.795. The van der Waals surface area contributed by atoms with Gasteiger partial charge in [-0.2, -0.15) is 0 Å². The maximum absolute atomic E-state index is 9.53. The van der Waals surface area contributed by atoms with Crippen LogP contribution in [0.2, 0.25) is 0 Å². The first kappa shape index (κ1) is 7.43. The summed E-state index contributed by atoms with van der Waals surface area (Å²) in [6, 6.07) is 0. The topological polar surface area (TPSA) is 32.3 Å². The molecular formula is C5H11N2O. The van der Waals surface area contributed by atoms with Crippen LogP contribution in [0.5, 0.6) is 0 Å². The molecule has 0 bridgehead atoms. The van der Waals surface area contributed by atoms with Crippen LogP contribution in [0, 0.1) is 0 Å². The molecular weight excluding hydrogens is 104 g/mol. The van der Waals surface area contributed by atoms with Crippen LogP contribution >= 0.6 is 0 Å². The van der Waals surface area contributed by atoms with Gasteiger partial charge in [-0.1, -0.05) is 0 Å². The number of amides is 1. The zero-order valence-electron chi connectivity index (χ0n) is 5.27. The molecule has 3 heteroatoms. The van der Waals surface area contributed by atoms with Gasteiger partial charge < -0.3 is 10.2 Å². The van der Waals surface area contributed by atoms with Gasteiger partial charge in [0.25, 0.3) is 0 Å². The van der Waals surface area contributed by atoms with Crippen molar-refractivity contribution in [1.29, 1.82) is 0 Å². The third-order valence-corrected chi connectivity index (χ3v) is 0.756. The molecule has 0 unspecified atom stereocenters. The van der Waals surface area contributed by atoms with E-state index in [1.165, 1.54) is 0 Å². The Morgan fingerprint density at radius 2 is 2.25 bits per heavy atom. The maximum atomic E-state index is 9.53. The Morgan fingerprint density at radius 3 is 2.62 bits per heavy atom. The first-order valence-corrected chi connectivity index (χ1v) is 2.52. The summed E-state index contributed by atoms with van der Waals surface area (Å²) in [5, 5.41) is 2.43. The summed E-state index contributed by atoms with van der Waals surface area (Å²) < 4.78 is 0. The molecule has 0 atom stereocenters. The van der Waals surface area contributed by atoms with E-state index >= 15 is 0 Å². The third-order valence-electron chi connectivity index (χ3n) is 0.756. The summed E-state index contributed by atoms with van der Waals surface area (Å²) in [5.41, 5.74) is 0. The highest BCUT2D eigenvalue weighted by Gasteiger charge is 1.85. The Balaban J connectivity index is 2.81. The number of carbonyl (C=O) groups excluding carboxylic acids is 1. The summed E-state index contributed by atoms with van der Waals surface area (Å²) in [6.45, 7) is 1.55. The maximum Gasteiger partial charge on any atom is 0.309 e. The van der Waals surface area contributed by atoms with E-state index in [4.69, 9.17) is 0 Å². The van der Waals surface area contributed by atoms with E-state index in [1.54, 1.807) is 6.41 Å². The Morgan fingerprint density at radius 1 is 1.62 bits per heavy atom. The van der Waals surface area contributed by atoms with E-state index in [2.05, 4.69) is 5.32 Å². The van der Waals surface area contributed by atoms with Crippen LogP contribution in [0.1, 0.15) is 0 Å². The fourth-order valence-electron chi connectivity index (χ4n) is 0.331. The summed E-state index contributed by atoms with van der Waals surface area (Å²) in [5.74, 6) is 0. The van der Waals surface area contributed by atoms with Crippen molar-refractivity contribution in [2.75, 3.05) is 27.2 Å². The molecule has 0 aliphatic carbocycles. The molecule has 0 spiro atoms. The minimum Gasteiger partial charge on any atom is -0.347 e. The van der Waals surface area contributed by atoms with Crippen LogP contribution in [0.25, 0.3) is 0 Å². The molecule has 0 fully saturated rings. The second-order valence-corrected chi connectivity index (χ2v) is 1.83. The van der Waals surface area contributed by atoms with Gasteiger partial charge in [0.05, 0.1) is 0 Å². The molecule has 0 aromatic heterocycles. The van der Waals surface area contributed by atoms with Gasteiger partial charge in [0.2, 0.25) is 0 Å². The number of nitrogens with one attached hydrogen (secondary N) is 1. The van der Waals surface area contributed by atoms with E-state index < -0.39 is 0 Å². The third kappa shape index (κ3) is 5.43. The highest BCUT2D eigenvalue weighted by atomic mass is 16.1. The lowest BCUT2D eigenvalue weighted by molar-refractivity contribution is 0.410. The predicted molar refractivity (Wildman–Crippen MR) is 32.3 cm³/mol. The van der Waals surface area contributed by atoms with Crippen LogP contribution in [0.3, 0.4) is 0 Å². The molecule has 1 N–H and O–H groups in total. The molecule has 0 saturated heterocycles. The number of nitrogens with zero attached hydrogens (tertiary/aromatic N) is 1. The average Bonchev–Trinajstić information content (AvgIpc) is 1.66. The fraction of sp³-hybridized carbons (Fsp3) is 0.800. The number of hydrogen-bond donors (Lipinski definition) is 1. The van der Waals surface area contributed by atoms with Gasteiger partial charge in [-0.25, -0.2) is 0 Å². The van der Waals surface area contributed by atoms with Gasteiger partial charge >= 0.3 is 6.41 Å². The van der Waals surface area contributed by atoms with Crippen LogP contribution in [-0.2, 0) is 4.79 Å². The molecule has 3 nitrogen and oxygen atoms in total. The number of hydrogen-bond acceptors (Lipinski definition) is 2. The molecule has 0 aromatic rings. The van der Waals surface area contributed by atoms with Gasteiger partial charge in [0.15, 0.2) is 0 Å². The molecule has 0 aliphatic rings. The highest BCUT2D eigenvalue weighted by Crippen LogP contribution is 1.67. The monoisotopic (exact) mass is 115 g/mol. The van der Waals surface area contributed by atoms with Crippen LogP contribution in [0.15, 0.2) is 0 Å². The second kappa shape index (κ2) is 4.59. The van der Waals surface area contributed by atoms with Gasteiger partial charge in [0.1, 0.15) is 0 Å². The van der Waals surface area contributed by atoms with E-state index in [1.807, 2.05) is 19.0 Å². The van der Waals surface area contributed by atoms with Crippen molar-refractivity contribution in [2.24, 2.45) is 0 Å². The van der Waals surface area contributed by atoms with Crippen molar-refractivity contribution in [1.82, 2.24) is 10.2 Å². The van der Waals surface area contributed by atoms with E-state index in [0.717, 1.165) is 6.54 Å². The first-order chi connectivity index (χ1) is 3.77. The molecule has 0 saturated carbocycles. The lowest BCUT2D eigenvalue weighted by atomic mass is 10.6. The Kier molecular flexibility index (Phi) is 4.26. The zero-order valence-corrected chi connectivity index (χ0v) is 5.27. The van der Waals surface area contributed by atoms with Crippen molar-refractivity contribution in [2.45, 2.75) is 0 Å². The summed E-state index contributed by atoms with van der Waals surface area (Å²) >= 11 is 0. The summed E-state index contributed by atoms with van der Waals surface area (Å²) in [4.78, 5) is 11.5. The van der Waals surface area contributed by atoms with E-state index in [9.17, 15) is 4.79 Å². The van der Waals surface area contributed by atoms with Gasteiger partial charge in [0, 0.05) is 13.1 Å². The van der Waals surface area contributed by atoms with Gasteiger partial charge in [-0.3, -0.25) is 4.79 Å². The van der Waals surface area contributed by atoms with E-state index in [0.29, 0.717) is 6.54 Å². The van der Waals surface area contributed by atoms with Gasteiger partial charge in [-0.05, 0) is 14.1 Å². The molecule has 0 aromatic carbocycles. The normalized spacial score (nSPS) is 9.38. The van der Waals surface area contributed by atoms with Crippen molar-refractivity contribution < 1.29 is 4.79 Å². The van der Waals surface area contributed by atoms with Crippen molar-refractivity contribution >= 4 is 6.41 Å². The molecule has 8 heavy (non-hydrogen) atoms. The highest BCUT2D eigenvalue weighted by molar-refractivity contribution is 5.46. The van der Waals surface area contributed by atoms with Crippen molar-refractivity contribution in [3.05, 3.63) is 0 Å². The zero-order chi connectivity index (χ0) is 6.41. The van der Waals surface area contributed by atoms with Crippen LogP contribution in [-0.4, -0.2) is 38.5 Å². The van der Waals surface area contributed by atoms with Gasteiger partial charge in [-0.15, -0.1) is 0 Å². The molecule has 1 amide bonds. The lowest BCUT2D eigenvalue weighted by Crippen LogP contribution is -2.25. The van der Waals surface area contributed by atoms with E-state index in [-0.39, 0.29) is 0 Å². The second-order valence-electron chi connectivity index (χ2n) is 1.83. The first-order valence-electron chi connectivity index (χ1n) is 2.52. The average molecular weight is 115 g/mol. The summed E-state index contributed by atoms with van der Waals surface area (Å²) in [6.07, 6.45) is 1.60. The minimum atomic E-state index is 0.677. The molecule has 47 valence electrons. The lowest BCUT2D eigenvalue weighted by Gasteiger charge is -2.06. The molecule has 0 rings (SSSR count). The molecule has 0 aliphatic heterocycles. The Hall–Kier alpha value is -0.570. The molecule has 1 radical (unpaired) electrons.